The van der Waals surface area contributed by atoms with Gasteiger partial charge >= 0.3 is 11.9 Å². The van der Waals surface area contributed by atoms with Gasteiger partial charge in [0.1, 0.15) is 0 Å². The average Bonchev–Trinajstić information content (AvgIpc) is 3.10. The fourth-order valence-corrected chi connectivity index (χ4v) is 2.07. The van der Waals surface area contributed by atoms with Crippen molar-refractivity contribution in [3.05, 3.63) is 59.3 Å². The Bertz CT molecular complexity index is 902. The number of aromatic nitrogens is 2. The first kappa shape index (κ1) is 18.0. The van der Waals surface area contributed by atoms with Gasteiger partial charge in [0.15, 0.2) is 0 Å². The summed E-state index contributed by atoms with van der Waals surface area (Å²) in [5.74, 6) is -0.696. The van der Waals surface area contributed by atoms with Gasteiger partial charge in [-0.05, 0) is 36.8 Å². The van der Waals surface area contributed by atoms with Crippen molar-refractivity contribution in [3.8, 4) is 0 Å². The van der Waals surface area contributed by atoms with Crippen LogP contribution in [0, 0.1) is 6.92 Å². The number of hydrogen-bond donors (Lipinski definition) is 2. The molecule has 0 radical (unpaired) electrons. The van der Waals surface area contributed by atoms with Gasteiger partial charge < -0.3 is 15.2 Å². The van der Waals surface area contributed by atoms with Crippen LogP contribution in [0.15, 0.2) is 42.6 Å². The maximum atomic E-state index is 11.1. The topological polar surface area (TPSA) is 107 Å². The molecule has 0 atom stereocenters. The van der Waals surface area contributed by atoms with Crippen LogP contribution in [0.25, 0.3) is 10.9 Å². The van der Waals surface area contributed by atoms with Crippen molar-refractivity contribution >= 4 is 28.5 Å². The SMILES string of the molecule is COC(=O)c1ccc(C)c(N)c1.COC(=O)c1ccc2cn[nH]c2c1. The van der Waals surface area contributed by atoms with E-state index in [1.807, 2.05) is 13.0 Å². The minimum Gasteiger partial charge on any atom is -0.465 e. The standard InChI is InChI=1S/C9H8N2O2.C9H11NO2/c1-13-9(12)6-2-3-7-5-10-11-8(7)4-6;1-6-3-4-7(5-8(6)10)9(11)12-2/h2-5H,1H3,(H,10,11);3-5H,10H2,1-2H3. The highest BCUT2D eigenvalue weighted by molar-refractivity contribution is 5.94. The van der Waals surface area contributed by atoms with Crippen molar-refractivity contribution in [3.63, 3.8) is 0 Å². The maximum absolute atomic E-state index is 11.1. The molecule has 3 aromatic rings. The van der Waals surface area contributed by atoms with E-state index in [-0.39, 0.29) is 11.9 Å². The summed E-state index contributed by atoms with van der Waals surface area (Å²) in [4.78, 5) is 22.1. The minimum absolute atomic E-state index is 0.337. The van der Waals surface area contributed by atoms with Gasteiger partial charge in [-0.1, -0.05) is 12.1 Å². The van der Waals surface area contributed by atoms with E-state index in [4.69, 9.17) is 5.73 Å². The molecule has 0 bridgehead atoms. The normalized spacial score (nSPS) is 9.88. The van der Waals surface area contributed by atoms with Crippen LogP contribution in [0.5, 0.6) is 0 Å². The van der Waals surface area contributed by atoms with Gasteiger partial charge in [0.25, 0.3) is 0 Å². The first-order valence-electron chi connectivity index (χ1n) is 7.42. The molecule has 1 aromatic heterocycles. The van der Waals surface area contributed by atoms with Crippen LogP contribution in [0.3, 0.4) is 0 Å². The number of aromatic amines is 1. The van der Waals surface area contributed by atoms with Crippen LogP contribution in [0.2, 0.25) is 0 Å². The zero-order valence-electron chi connectivity index (χ0n) is 14.2. The van der Waals surface area contributed by atoms with Gasteiger partial charge in [0.2, 0.25) is 0 Å². The molecule has 0 saturated heterocycles. The van der Waals surface area contributed by atoms with Crippen LogP contribution < -0.4 is 5.73 Å². The number of carbonyl (C=O) groups is 2. The third kappa shape index (κ3) is 4.35. The fraction of sp³-hybridized carbons (Fsp3) is 0.167. The number of nitrogens with zero attached hydrogens (tertiary/aromatic N) is 1. The number of anilines is 1. The molecule has 3 N–H and O–H groups in total. The van der Waals surface area contributed by atoms with Gasteiger partial charge in [-0.3, -0.25) is 5.10 Å². The Hall–Kier alpha value is -3.35. The number of hydrogen-bond acceptors (Lipinski definition) is 6. The van der Waals surface area contributed by atoms with E-state index >= 15 is 0 Å². The first-order valence-corrected chi connectivity index (χ1v) is 7.42. The Labute approximate surface area is 144 Å². The van der Waals surface area contributed by atoms with E-state index in [0.717, 1.165) is 16.5 Å². The van der Waals surface area contributed by atoms with E-state index in [0.29, 0.717) is 16.8 Å². The molecule has 0 aliphatic carbocycles. The largest absolute Gasteiger partial charge is 0.465 e. The Morgan fingerprint density at radius 2 is 1.60 bits per heavy atom. The van der Waals surface area contributed by atoms with E-state index in [1.165, 1.54) is 14.2 Å². The average molecular weight is 341 g/mol. The van der Waals surface area contributed by atoms with E-state index in [2.05, 4.69) is 19.7 Å². The highest BCUT2D eigenvalue weighted by atomic mass is 16.5. The summed E-state index contributed by atoms with van der Waals surface area (Å²) in [6.45, 7) is 1.89. The van der Waals surface area contributed by atoms with Gasteiger partial charge in [-0.2, -0.15) is 5.10 Å². The molecule has 0 saturated carbocycles. The summed E-state index contributed by atoms with van der Waals surface area (Å²) in [7, 11) is 2.71. The Morgan fingerprint density at radius 3 is 2.20 bits per heavy atom. The summed E-state index contributed by atoms with van der Waals surface area (Å²) < 4.78 is 9.13. The summed E-state index contributed by atoms with van der Waals surface area (Å²) in [6.07, 6.45) is 1.70. The smallest absolute Gasteiger partial charge is 0.337 e. The van der Waals surface area contributed by atoms with Crippen LogP contribution in [-0.4, -0.2) is 36.4 Å². The molecule has 25 heavy (non-hydrogen) atoms. The molecule has 0 aliphatic heterocycles. The number of nitrogens with one attached hydrogen (secondary N) is 1. The quantitative estimate of drug-likeness (QED) is 0.548. The lowest BCUT2D eigenvalue weighted by Gasteiger charge is -2.02. The highest BCUT2D eigenvalue weighted by Gasteiger charge is 2.06. The van der Waals surface area contributed by atoms with Crippen molar-refractivity contribution in [1.82, 2.24) is 10.2 Å². The molecule has 7 heteroatoms. The molecule has 0 amide bonds. The van der Waals surface area contributed by atoms with E-state index < -0.39 is 0 Å². The molecule has 0 fully saturated rings. The van der Waals surface area contributed by atoms with E-state index in [9.17, 15) is 9.59 Å². The van der Waals surface area contributed by atoms with Gasteiger partial charge in [-0.25, -0.2) is 9.59 Å². The van der Waals surface area contributed by atoms with Crippen LogP contribution in [0.4, 0.5) is 5.69 Å². The van der Waals surface area contributed by atoms with Crippen molar-refractivity contribution < 1.29 is 19.1 Å². The van der Waals surface area contributed by atoms with Gasteiger partial charge in [0.05, 0.1) is 37.1 Å². The molecular formula is C18H19N3O4. The monoisotopic (exact) mass is 341 g/mol. The maximum Gasteiger partial charge on any atom is 0.337 e. The molecule has 0 unspecified atom stereocenters. The summed E-state index contributed by atoms with van der Waals surface area (Å²) in [5.41, 5.74) is 9.03. The zero-order valence-corrected chi connectivity index (χ0v) is 14.2. The summed E-state index contributed by atoms with van der Waals surface area (Å²) in [5, 5.41) is 7.61. The van der Waals surface area contributed by atoms with E-state index in [1.54, 1.807) is 36.5 Å². The number of carbonyl (C=O) groups excluding carboxylic acids is 2. The van der Waals surface area contributed by atoms with Crippen LogP contribution in [-0.2, 0) is 9.47 Å². The Kier molecular flexibility index (Phi) is 5.73. The molecule has 2 aromatic carbocycles. The molecule has 3 rings (SSSR count). The lowest BCUT2D eigenvalue weighted by molar-refractivity contribution is 0.0592. The zero-order chi connectivity index (χ0) is 18.4. The number of ether oxygens (including phenoxy) is 2. The third-order valence-corrected chi connectivity index (χ3v) is 3.56. The van der Waals surface area contributed by atoms with Crippen LogP contribution in [0.1, 0.15) is 26.3 Å². The Morgan fingerprint density at radius 1 is 1.00 bits per heavy atom. The second-order valence-corrected chi connectivity index (χ2v) is 5.23. The molecule has 130 valence electrons. The number of rotatable bonds is 2. The molecule has 1 heterocycles. The molecular weight excluding hydrogens is 322 g/mol. The minimum atomic E-state index is -0.360. The number of benzene rings is 2. The summed E-state index contributed by atoms with van der Waals surface area (Å²) >= 11 is 0. The molecule has 0 spiro atoms. The lowest BCUT2D eigenvalue weighted by atomic mass is 10.1. The van der Waals surface area contributed by atoms with Gasteiger partial charge in [0, 0.05) is 11.1 Å². The number of esters is 2. The molecule has 7 nitrogen and oxygen atoms in total. The van der Waals surface area contributed by atoms with Crippen molar-refractivity contribution in [2.45, 2.75) is 6.92 Å². The fourth-order valence-electron chi connectivity index (χ4n) is 2.07. The molecule has 0 aliphatic rings. The predicted molar refractivity (Wildman–Crippen MR) is 94.4 cm³/mol. The van der Waals surface area contributed by atoms with Crippen molar-refractivity contribution in [2.75, 3.05) is 20.0 Å². The highest BCUT2D eigenvalue weighted by Crippen LogP contribution is 2.14. The number of methoxy groups -OCH3 is 2. The number of fused-ring (bicyclic) bond motifs is 1. The van der Waals surface area contributed by atoms with Crippen molar-refractivity contribution in [2.24, 2.45) is 0 Å². The lowest BCUT2D eigenvalue weighted by Crippen LogP contribution is -2.02. The number of nitrogens with two attached hydrogens (primary N) is 1. The second kappa shape index (κ2) is 7.96. The number of H-pyrrole nitrogens is 1. The number of nitrogen functional groups attached to an aromatic ring is 1. The predicted octanol–water partition coefficient (Wildman–Crippen LogP) is 2.71. The first-order chi connectivity index (χ1) is 12.0. The van der Waals surface area contributed by atoms with Crippen LogP contribution >= 0.6 is 0 Å². The Balaban J connectivity index is 0.000000181. The summed E-state index contributed by atoms with van der Waals surface area (Å²) in [6, 6.07) is 10.4. The third-order valence-electron chi connectivity index (χ3n) is 3.56. The number of aryl methyl sites for hydroxylation is 1. The van der Waals surface area contributed by atoms with Crippen molar-refractivity contribution in [1.29, 1.82) is 0 Å². The second-order valence-electron chi connectivity index (χ2n) is 5.23. The van der Waals surface area contributed by atoms with Gasteiger partial charge in [-0.15, -0.1) is 0 Å².